The molecule has 1 aliphatic carbocycles. The number of aryl methyl sites for hydroxylation is 2. The Morgan fingerprint density at radius 3 is 2.59 bits per heavy atom. The molecule has 5 nitrogen and oxygen atoms in total. The predicted molar refractivity (Wildman–Crippen MR) is 159 cm³/mol. The van der Waals surface area contributed by atoms with Crippen molar-refractivity contribution in [3.63, 3.8) is 0 Å². The Hall–Kier alpha value is -3.24. The molecule has 0 amide bonds. The third-order valence-electron chi connectivity index (χ3n) is 7.32. The number of rotatable bonds is 5. The molecule has 39 heavy (non-hydrogen) atoms. The Labute approximate surface area is 246 Å². The molecule has 0 saturated heterocycles. The quantitative estimate of drug-likeness (QED) is 0.310. The summed E-state index contributed by atoms with van der Waals surface area (Å²) in [6, 6.07) is 19.3. The Balaban J connectivity index is 1.65. The molecule has 0 fully saturated rings. The minimum absolute atomic E-state index is 0.0163. The molecule has 0 spiro atoms. The van der Waals surface area contributed by atoms with Gasteiger partial charge in [0, 0.05) is 22.7 Å². The van der Waals surface area contributed by atoms with Crippen molar-refractivity contribution in [3.05, 3.63) is 114 Å². The summed E-state index contributed by atoms with van der Waals surface area (Å²) >= 11 is 16.3. The van der Waals surface area contributed by atoms with Crippen LogP contribution in [0.1, 0.15) is 47.4 Å². The van der Waals surface area contributed by atoms with Crippen molar-refractivity contribution < 1.29 is 9.53 Å². The molecule has 0 radical (unpaired) electrons. The molecule has 0 aromatic heterocycles. The summed E-state index contributed by atoms with van der Waals surface area (Å²) in [6.45, 7) is 4.37. The number of ether oxygens (including phenoxy) is 1. The number of Topliss-reactive ketones (excluding diaryl/α,β-unsaturated/α-hetero) is 1. The molecule has 2 aliphatic rings. The number of hydrogen-bond donors (Lipinski definition) is 1. The smallest absolute Gasteiger partial charge is 0.161 e. The molecule has 1 heterocycles. The number of carbonyl (C=O) groups excluding carboxylic acids is 1. The van der Waals surface area contributed by atoms with Crippen molar-refractivity contribution in [2.45, 2.75) is 45.6 Å². The summed E-state index contributed by atoms with van der Waals surface area (Å²) < 4.78 is 6.99. The maximum atomic E-state index is 13.6. The molecule has 3 aromatic carbocycles. The third kappa shape index (κ3) is 5.07. The van der Waals surface area contributed by atoms with Crippen molar-refractivity contribution in [1.82, 2.24) is 0 Å². The van der Waals surface area contributed by atoms with E-state index in [1.54, 1.807) is 23.1 Å². The van der Waals surface area contributed by atoms with E-state index in [0.717, 1.165) is 38.2 Å². The lowest BCUT2D eigenvalue weighted by Gasteiger charge is -2.40. The molecule has 5 rings (SSSR count). The van der Waals surface area contributed by atoms with Gasteiger partial charge in [-0.3, -0.25) is 9.69 Å². The second kappa shape index (κ2) is 11.1. The number of anilines is 1. The van der Waals surface area contributed by atoms with Gasteiger partial charge in [0.15, 0.2) is 5.78 Å². The van der Waals surface area contributed by atoms with Gasteiger partial charge in [-0.05, 0) is 95.2 Å². The number of hydrogen-bond acceptors (Lipinski definition) is 5. The monoisotopic (exact) mass is 621 g/mol. The summed E-state index contributed by atoms with van der Waals surface area (Å²) in [5.74, 6) is 0.443. The predicted octanol–water partition coefficient (Wildman–Crippen LogP) is 8.26. The Morgan fingerprint density at radius 2 is 1.87 bits per heavy atom. The molecule has 198 valence electrons. The van der Waals surface area contributed by atoms with Gasteiger partial charge in [-0.25, -0.2) is 0 Å². The average Bonchev–Trinajstić information content (AvgIpc) is 2.89. The molecule has 3 aromatic rings. The highest BCUT2D eigenvalue weighted by Crippen LogP contribution is 2.48. The number of halogens is 3. The topological polar surface area (TPSA) is 79.4 Å². The van der Waals surface area contributed by atoms with Crippen LogP contribution in [0.15, 0.2) is 81.7 Å². The van der Waals surface area contributed by atoms with Gasteiger partial charge in [-0.15, -0.1) is 0 Å². The second-order valence-electron chi connectivity index (χ2n) is 9.77. The fraction of sp³-hybridized carbons (Fsp3) is 0.226. The van der Waals surface area contributed by atoms with E-state index in [0.29, 0.717) is 52.7 Å². The van der Waals surface area contributed by atoms with Crippen LogP contribution in [-0.4, -0.2) is 5.78 Å². The van der Waals surface area contributed by atoms with Gasteiger partial charge >= 0.3 is 0 Å². The minimum Gasteiger partial charge on any atom is -0.488 e. The highest BCUT2D eigenvalue weighted by atomic mass is 79.9. The average molecular weight is 623 g/mol. The van der Waals surface area contributed by atoms with Gasteiger partial charge in [0.1, 0.15) is 18.2 Å². The van der Waals surface area contributed by atoms with E-state index in [-0.39, 0.29) is 11.6 Å². The second-order valence-corrected chi connectivity index (χ2v) is 11.5. The number of para-hydroxylation sites is 1. The first-order valence-electron chi connectivity index (χ1n) is 12.6. The maximum absolute atomic E-state index is 13.6. The summed E-state index contributed by atoms with van der Waals surface area (Å²) in [4.78, 5) is 15.3. The maximum Gasteiger partial charge on any atom is 0.161 e. The lowest BCUT2D eigenvalue weighted by molar-refractivity contribution is -0.116. The zero-order valence-corrected chi connectivity index (χ0v) is 24.6. The number of nitrogens with zero attached hydrogens (tertiary/aromatic N) is 2. The van der Waals surface area contributed by atoms with Gasteiger partial charge in [0.25, 0.3) is 0 Å². The molecular formula is C31H26BrCl2N3O2. The van der Waals surface area contributed by atoms with Crippen LogP contribution >= 0.6 is 39.1 Å². The summed E-state index contributed by atoms with van der Waals surface area (Å²) in [5.41, 5.74) is 12.9. The zero-order valence-electron chi connectivity index (χ0n) is 21.5. The van der Waals surface area contributed by atoms with Crippen molar-refractivity contribution in [2.75, 3.05) is 4.90 Å². The first kappa shape index (κ1) is 27.3. The van der Waals surface area contributed by atoms with Gasteiger partial charge in [0.05, 0.1) is 32.7 Å². The van der Waals surface area contributed by atoms with Crippen molar-refractivity contribution in [1.29, 1.82) is 5.26 Å². The van der Waals surface area contributed by atoms with Crippen LogP contribution in [0, 0.1) is 25.2 Å². The molecule has 2 N–H and O–H groups in total. The van der Waals surface area contributed by atoms with Crippen LogP contribution in [0.2, 0.25) is 10.0 Å². The lowest BCUT2D eigenvalue weighted by atomic mass is 9.74. The number of carbonyl (C=O) groups is 1. The number of ketones is 1. The Morgan fingerprint density at radius 1 is 1.10 bits per heavy atom. The third-order valence-corrected chi connectivity index (χ3v) is 8.51. The summed E-state index contributed by atoms with van der Waals surface area (Å²) in [5, 5.41) is 11.3. The molecule has 1 aliphatic heterocycles. The standard InChI is InChI=1S/C31H26BrCl2N3O2/c1-17-12-18(2)21(13-19(17)16-39-28-9-4-3-6-23(28)32)29-22(15-35)31(36)37(25-11-10-20(33)14-24(25)34)26-7-5-8-27(38)30(26)29/h3-4,6,9-14,29H,5,7-8,16,36H2,1-2H3. The normalized spacial score (nSPS) is 17.3. The van der Waals surface area contributed by atoms with E-state index in [4.69, 9.17) is 33.7 Å². The van der Waals surface area contributed by atoms with Crippen molar-refractivity contribution in [3.8, 4) is 11.8 Å². The van der Waals surface area contributed by atoms with Crippen LogP contribution in [0.5, 0.6) is 5.75 Å². The van der Waals surface area contributed by atoms with E-state index in [9.17, 15) is 10.1 Å². The van der Waals surface area contributed by atoms with Gasteiger partial charge in [-0.2, -0.15) is 5.26 Å². The molecule has 0 bridgehead atoms. The number of nitrogens with two attached hydrogens (primary N) is 1. The number of allylic oxidation sites excluding steroid dienone is 3. The highest BCUT2D eigenvalue weighted by molar-refractivity contribution is 9.10. The van der Waals surface area contributed by atoms with Crippen LogP contribution < -0.4 is 15.4 Å². The molecule has 1 unspecified atom stereocenters. The lowest BCUT2D eigenvalue weighted by Crippen LogP contribution is -2.39. The van der Waals surface area contributed by atoms with Gasteiger partial charge < -0.3 is 10.5 Å². The van der Waals surface area contributed by atoms with E-state index in [1.807, 2.05) is 44.2 Å². The highest BCUT2D eigenvalue weighted by Gasteiger charge is 2.41. The first-order valence-corrected chi connectivity index (χ1v) is 14.1. The van der Waals surface area contributed by atoms with E-state index in [2.05, 4.69) is 28.1 Å². The van der Waals surface area contributed by atoms with Crippen LogP contribution in [0.4, 0.5) is 5.69 Å². The fourth-order valence-electron chi connectivity index (χ4n) is 5.44. The van der Waals surface area contributed by atoms with Crippen LogP contribution in [0.25, 0.3) is 0 Å². The Kier molecular flexibility index (Phi) is 7.77. The summed E-state index contributed by atoms with van der Waals surface area (Å²) in [7, 11) is 0. The van der Waals surface area contributed by atoms with Crippen LogP contribution in [-0.2, 0) is 11.4 Å². The van der Waals surface area contributed by atoms with Gasteiger partial charge in [-0.1, -0.05) is 47.5 Å². The van der Waals surface area contributed by atoms with Crippen LogP contribution in [0.3, 0.4) is 0 Å². The van der Waals surface area contributed by atoms with Crippen molar-refractivity contribution in [2.24, 2.45) is 5.73 Å². The van der Waals surface area contributed by atoms with E-state index < -0.39 is 5.92 Å². The van der Waals surface area contributed by atoms with E-state index >= 15 is 0 Å². The molecule has 0 saturated carbocycles. The molecule has 8 heteroatoms. The Bertz CT molecular complexity index is 1610. The van der Waals surface area contributed by atoms with E-state index in [1.165, 1.54) is 0 Å². The zero-order chi connectivity index (χ0) is 27.8. The fourth-order valence-corrected chi connectivity index (χ4v) is 6.33. The SMILES string of the molecule is Cc1cc(C)c(C2C(C#N)=C(N)N(c3ccc(Cl)cc3Cl)C3=C2C(=O)CCC3)cc1COc1ccccc1Br. The minimum atomic E-state index is -0.581. The molecule has 1 atom stereocenters. The number of benzene rings is 3. The number of nitriles is 1. The first-order chi connectivity index (χ1) is 18.7. The molecular weight excluding hydrogens is 597 g/mol. The summed E-state index contributed by atoms with van der Waals surface area (Å²) in [6.07, 6.45) is 1.75. The van der Waals surface area contributed by atoms with Crippen molar-refractivity contribution >= 4 is 50.6 Å². The van der Waals surface area contributed by atoms with Gasteiger partial charge in [0.2, 0.25) is 0 Å². The largest absolute Gasteiger partial charge is 0.488 e.